The van der Waals surface area contributed by atoms with E-state index in [1.165, 1.54) is 11.3 Å². The first-order chi connectivity index (χ1) is 13.5. The van der Waals surface area contributed by atoms with E-state index in [0.717, 1.165) is 21.7 Å². The maximum Gasteiger partial charge on any atom is 0.312 e. The third-order valence-corrected chi connectivity index (χ3v) is 5.23. The van der Waals surface area contributed by atoms with Crippen molar-refractivity contribution >= 4 is 34.8 Å². The highest BCUT2D eigenvalue weighted by molar-refractivity contribution is 7.13. The van der Waals surface area contributed by atoms with Crippen molar-refractivity contribution in [1.82, 2.24) is 10.3 Å². The second-order valence-electron chi connectivity index (χ2n) is 6.20. The zero-order valence-electron chi connectivity index (χ0n) is 15.3. The number of aromatic nitrogens is 1. The van der Waals surface area contributed by atoms with Gasteiger partial charge in [0, 0.05) is 22.5 Å². The molecule has 0 aliphatic heterocycles. The van der Waals surface area contributed by atoms with Gasteiger partial charge in [0.05, 0.1) is 12.1 Å². The van der Waals surface area contributed by atoms with Crippen LogP contribution in [0.4, 0.5) is 0 Å². The number of thiazole rings is 1. The molecule has 0 radical (unpaired) electrons. The molecule has 0 aliphatic carbocycles. The summed E-state index contributed by atoms with van der Waals surface area (Å²) in [5.74, 6) is -0.830. The SMILES string of the molecule is Cc1ccccc1CNC(=O)COC(=O)Cc1csc(-c2cccc(Cl)c2)n1. The van der Waals surface area contributed by atoms with Gasteiger partial charge in [0.15, 0.2) is 6.61 Å². The van der Waals surface area contributed by atoms with E-state index in [-0.39, 0.29) is 18.9 Å². The van der Waals surface area contributed by atoms with Crippen LogP contribution in [0, 0.1) is 6.92 Å². The summed E-state index contributed by atoms with van der Waals surface area (Å²) in [7, 11) is 0. The van der Waals surface area contributed by atoms with Crippen LogP contribution in [0.15, 0.2) is 53.9 Å². The van der Waals surface area contributed by atoms with E-state index in [1.54, 1.807) is 11.4 Å². The van der Waals surface area contributed by atoms with Crippen molar-refractivity contribution in [3.8, 4) is 10.6 Å². The minimum Gasteiger partial charge on any atom is -0.455 e. The Bertz CT molecular complexity index is 987. The Labute approximate surface area is 172 Å². The topological polar surface area (TPSA) is 68.3 Å². The van der Waals surface area contributed by atoms with Crippen LogP contribution in [0.1, 0.15) is 16.8 Å². The van der Waals surface area contributed by atoms with Crippen molar-refractivity contribution in [2.24, 2.45) is 0 Å². The van der Waals surface area contributed by atoms with Crippen LogP contribution in [0.3, 0.4) is 0 Å². The van der Waals surface area contributed by atoms with Gasteiger partial charge in [-0.3, -0.25) is 9.59 Å². The molecule has 0 fully saturated rings. The van der Waals surface area contributed by atoms with Gasteiger partial charge in [0.1, 0.15) is 5.01 Å². The first kappa shape index (κ1) is 20.0. The van der Waals surface area contributed by atoms with Crippen LogP contribution in [0.5, 0.6) is 0 Å². The summed E-state index contributed by atoms with van der Waals surface area (Å²) in [6, 6.07) is 15.2. The molecule has 1 N–H and O–H groups in total. The molecule has 7 heteroatoms. The molecule has 3 aromatic rings. The molecule has 144 valence electrons. The number of carbonyl (C=O) groups excluding carboxylic acids is 2. The molecule has 0 saturated carbocycles. The Morgan fingerprint density at radius 3 is 2.79 bits per heavy atom. The highest BCUT2D eigenvalue weighted by atomic mass is 35.5. The Morgan fingerprint density at radius 2 is 2.00 bits per heavy atom. The molecule has 28 heavy (non-hydrogen) atoms. The summed E-state index contributed by atoms with van der Waals surface area (Å²) < 4.78 is 5.05. The van der Waals surface area contributed by atoms with Crippen LogP contribution in [0.25, 0.3) is 10.6 Å². The smallest absolute Gasteiger partial charge is 0.312 e. The van der Waals surface area contributed by atoms with Gasteiger partial charge in [0.2, 0.25) is 0 Å². The fraction of sp³-hybridized carbons (Fsp3) is 0.190. The number of rotatable bonds is 7. The molecule has 1 heterocycles. The lowest BCUT2D eigenvalue weighted by molar-refractivity contribution is -0.147. The van der Waals surface area contributed by atoms with E-state index >= 15 is 0 Å². The summed E-state index contributed by atoms with van der Waals surface area (Å²) in [4.78, 5) is 28.3. The maximum atomic E-state index is 12.0. The zero-order chi connectivity index (χ0) is 19.9. The molecular weight excluding hydrogens is 396 g/mol. The highest BCUT2D eigenvalue weighted by Gasteiger charge is 2.12. The molecule has 0 spiro atoms. The first-order valence-corrected chi connectivity index (χ1v) is 9.94. The molecule has 0 saturated heterocycles. The standard InChI is InChI=1S/C21H19ClN2O3S/c1-14-5-2-3-6-16(14)11-23-19(25)12-27-20(26)10-18-13-28-21(24-18)15-7-4-8-17(22)9-15/h2-9,13H,10-12H2,1H3,(H,23,25). The molecule has 0 aliphatic rings. The predicted molar refractivity (Wildman–Crippen MR) is 110 cm³/mol. The molecular formula is C21H19ClN2O3S. The number of nitrogens with one attached hydrogen (secondary N) is 1. The maximum absolute atomic E-state index is 12.0. The minimum absolute atomic E-state index is 0.0160. The molecule has 3 rings (SSSR count). The van der Waals surface area contributed by atoms with E-state index in [0.29, 0.717) is 17.3 Å². The Kier molecular flexibility index (Phi) is 6.79. The highest BCUT2D eigenvalue weighted by Crippen LogP contribution is 2.26. The first-order valence-electron chi connectivity index (χ1n) is 8.68. The Hall–Kier alpha value is -2.70. The number of halogens is 1. The van der Waals surface area contributed by atoms with Gasteiger partial charge in [-0.2, -0.15) is 0 Å². The monoisotopic (exact) mass is 414 g/mol. The number of nitrogens with zero attached hydrogens (tertiary/aromatic N) is 1. The van der Waals surface area contributed by atoms with E-state index in [9.17, 15) is 9.59 Å². The van der Waals surface area contributed by atoms with E-state index in [4.69, 9.17) is 16.3 Å². The molecule has 0 atom stereocenters. The van der Waals surface area contributed by atoms with E-state index in [1.807, 2.05) is 49.4 Å². The fourth-order valence-electron chi connectivity index (χ4n) is 2.54. The molecule has 2 aromatic carbocycles. The van der Waals surface area contributed by atoms with Crippen LogP contribution in [0.2, 0.25) is 5.02 Å². The van der Waals surface area contributed by atoms with E-state index in [2.05, 4.69) is 10.3 Å². The average molecular weight is 415 g/mol. The van der Waals surface area contributed by atoms with Crippen LogP contribution in [-0.4, -0.2) is 23.5 Å². The second kappa shape index (κ2) is 9.48. The number of hydrogen-bond acceptors (Lipinski definition) is 5. The summed E-state index contributed by atoms with van der Waals surface area (Å²) in [5, 5.41) is 5.96. The second-order valence-corrected chi connectivity index (χ2v) is 7.49. The molecule has 0 bridgehead atoms. The van der Waals surface area contributed by atoms with Crippen LogP contribution in [-0.2, 0) is 27.3 Å². The lowest BCUT2D eigenvalue weighted by Gasteiger charge is -2.08. The van der Waals surface area contributed by atoms with Gasteiger partial charge >= 0.3 is 5.97 Å². The number of carbonyl (C=O) groups is 2. The predicted octanol–water partition coefficient (Wildman–Crippen LogP) is 4.17. The normalized spacial score (nSPS) is 10.5. The van der Waals surface area contributed by atoms with Gasteiger partial charge in [-0.15, -0.1) is 11.3 Å². The largest absolute Gasteiger partial charge is 0.455 e. The average Bonchev–Trinajstić information content (AvgIpc) is 3.14. The molecule has 5 nitrogen and oxygen atoms in total. The number of esters is 1. The summed E-state index contributed by atoms with van der Waals surface area (Å²) in [6.45, 7) is 2.07. The number of amides is 1. The molecule has 1 aromatic heterocycles. The molecule has 0 unspecified atom stereocenters. The zero-order valence-corrected chi connectivity index (χ0v) is 16.8. The van der Waals surface area contributed by atoms with E-state index < -0.39 is 5.97 Å². The third kappa shape index (κ3) is 5.65. The van der Waals surface area contributed by atoms with Gasteiger partial charge in [0.25, 0.3) is 5.91 Å². The lowest BCUT2D eigenvalue weighted by atomic mass is 10.1. The van der Waals surface area contributed by atoms with Gasteiger partial charge in [-0.25, -0.2) is 4.98 Å². The third-order valence-electron chi connectivity index (χ3n) is 4.05. The Balaban J connectivity index is 1.45. The van der Waals surface area contributed by atoms with Gasteiger partial charge in [-0.05, 0) is 30.2 Å². The van der Waals surface area contributed by atoms with Crippen molar-refractivity contribution in [2.45, 2.75) is 19.9 Å². The van der Waals surface area contributed by atoms with Crippen molar-refractivity contribution < 1.29 is 14.3 Å². The summed E-state index contributed by atoms with van der Waals surface area (Å²) in [6.07, 6.45) is 0.0160. The van der Waals surface area contributed by atoms with Crippen molar-refractivity contribution in [3.63, 3.8) is 0 Å². The van der Waals surface area contributed by atoms with Crippen LogP contribution < -0.4 is 5.32 Å². The lowest BCUT2D eigenvalue weighted by Crippen LogP contribution is -2.28. The number of aryl methyl sites for hydroxylation is 1. The Morgan fingerprint density at radius 1 is 1.18 bits per heavy atom. The van der Waals surface area contributed by atoms with Crippen molar-refractivity contribution in [2.75, 3.05) is 6.61 Å². The number of benzene rings is 2. The quantitative estimate of drug-likeness (QED) is 0.589. The van der Waals surface area contributed by atoms with Gasteiger partial charge in [-0.1, -0.05) is 48.0 Å². The van der Waals surface area contributed by atoms with Crippen molar-refractivity contribution in [3.05, 3.63) is 75.8 Å². The van der Waals surface area contributed by atoms with Crippen molar-refractivity contribution in [1.29, 1.82) is 0 Å². The number of ether oxygens (including phenoxy) is 1. The summed E-state index contributed by atoms with van der Waals surface area (Å²) >= 11 is 7.42. The summed E-state index contributed by atoms with van der Waals surface area (Å²) in [5.41, 5.74) is 3.62. The fourth-order valence-corrected chi connectivity index (χ4v) is 3.55. The van der Waals surface area contributed by atoms with Gasteiger partial charge < -0.3 is 10.1 Å². The molecule has 1 amide bonds. The number of hydrogen-bond donors (Lipinski definition) is 1. The minimum atomic E-state index is -0.492. The van der Waals surface area contributed by atoms with Crippen LogP contribution >= 0.6 is 22.9 Å².